The second-order valence-corrected chi connectivity index (χ2v) is 5.23. The average Bonchev–Trinajstić information content (AvgIpc) is 2.44. The highest BCUT2D eigenvalue weighted by Gasteiger charge is 2.01. The number of carboxylic acids is 1. The summed E-state index contributed by atoms with van der Waals surface area (Å²) in [6, 6.07) is 2.17. The lowest BCUT2D eigenvalue weighted by Gasteiger charge is -2.02. The molecule has 4 heteroatoms. The van der Waals surface area contributed by atoms with Crippen LogP contribution in [-0.2, 0) is 11.3 Å². The Kier molecular flexibility index (Phi) is 4.71. The van der Waals surface area contributed by atoms with Gasteiger partial charge in [0.25, 0.3) is 0 Å². The van der Waals surface area contributed by atoms with E-state index in [9.17, 15) is 4.79 Å². The van der Waals surface area contributed by atoms with Crippen LogP contribution in [-0.4, -0.2) is 17.6 Å². The van der Waals surface area contributed by atoms with Crippen molar-refractivity contribution in [3.05, 3.63) is 33.0 Å². The van der Waals surface area contributed by atoms with Crippen LogP contribution < -0.4 is 5.32 Å². The third-order valence-corrected chi connectivity index (χ3v) is 3.44. The normalized spacial score (nSPS) is 11.8. The second kappa shape index (κ2) is 5.82. The summed E-state index contributed by atoms with van der Waals surface area (Å²) in [6.45, 7) is 7.43. The van der Waals surface area contributed by atoms with Gasteiger partial charge in [-0.1, -0.05) is 5.57 Å². The first-order chi connectivity index (χ1) is 7.49. The maximum absolute atomic E-state index is 10.4. The molecule has 0 spiro atoms. The largest absolute Gasteiger partial charge is 0.478 e. The van der Waals surface area contributed by atoms with Crippen molar-refractivity contribution < 1.29 is 9.90 Å². The SMILES string of the molecule is CC(=CC(=O)O)CNCc1cc(C)c(C)s1. The highest BCUT2D eigenvalue weighted by Crippen LogP contribution is 2.20. The Labute approximate surface area is 99.8 Å². The van der Waals surface area contributed by atoms with Crippen LogP contribution in [0, 0.1) is 13.8 Å². The van der Waals surface area contributed by atoms with Gasteiger partial charge in [0.15, 0.2) is 0 Å². The summed E-state index contributed by atoms with van der Waals surface area (Å²) >= 11 is 1.78. The molecule has 0 aliphatic rings. The number of aryl methyl sites for hydroxylation is 2. The van der Waals surface area contributed by atoms with E-state index in [2.05, 4.69) is 25.2 Å². The van der Waals surface area contributed by atoms with Crippen LogP contribution in [0.15, 0.2) is 17.7 Å². The van der Waals surface area contributed by atoms with E-state index in [4.69, 9.17) is 5.11 Å². The zero-order valence-electron chi connectivity index (χ0n) is 9.83. The Morgan fingerprint density at radius 3 is 2.75 bits per heavy atom. The highest BCUT2D eigenvalue weighted by atomic mass is 32.1. The molecule has 0 aliphatic carbocycles. The van der Waals surface area contributed by atoms with E-state index >= 15 is 0 Å². The molecule has 0 saturated heterocycles. The van der Waals surface area contributed by atoms with Crippen LogP contribution in [0.1, 0.15) is 22.2 Å². The molecule has 88 valence electrons. The van der Waals surface area contributed by atoms with Crippen LogP contribution >= 0.6 is 11.3 Å². The third kappa shape index (κ3) is 4.16. The maximum Gasteiger partial charge on any atom is 0.328 e. The minimum atomic E-state index is -0.887. The average molecular weight is 239 g/mol. The number of hydrogen-bond donors (Lipinski definition) is 2. The lowest BCUT2D eigenvalue weighted by Crippen LogP contribution is -2.15. The summed E-state index contributed by atoms with van der Waals surface area (Å²) in [5.74, 6) is -0.887. The van der Waals surface area contributed by atoms with Crippen molar-refractivity contribution >= 4 is 17.3 Å². The second-order valence-electron chi connectivity index (χ2n) is 3.88. The number of nitrogens with one attached hydrogen (secondary N) is 1. The summed E-state index contributed by atoms with van der Waals surface area (Å²) < 4.78 is 0. The van der Waals surface area contributed by atoms with Crippen LogP contribution in [0.4, 0.5) is 0 Å². The molecule has 0 unspecified atom stereocenters. The summed E-state index contributed by atoms with van der Waals surface area (Å²) in [5.41, 5.74) is 2.15. The molecule has 0 bridgehead atoms. The fraction of sp³-hybridized carbons (Fsp3) is 0.417. The molecule has 16 heavy (non-hydrogen) atoms. The summed E-state index contributed by atoms with van der Waals surface area (Å²) in [5, 5.41) is 11.8. The van der Waals surface area contributed by atoms with Crippen molar-refractivity contribution in [3.8, 4) is 0 Å². The van der Waals surface area contributed by atoms with Gasteiger partial charge in [-0.25, -0.2) is 4.79 Å². The van der Waals surface area contributed by atoms with Gasteiger partial charge in [0, 0.05) is 28.9 Å². The van der Waals surface area contributed by atoms with Gasteiger partial charge in [-0.15, -0.1) is 11.3 Å². The zero-order chi connectivity index (χ0) is 12.1. The molecule has 2 N–H and O–H groups in total. The van der Waals surface area contributed by atoms with E-state index in [1.807, 2.05) is 6.92 Å². The van der Waals surface area contributed by atoms with Crippen molar-refractivity contribution in [1.29, 1.82) is 0 Å². The Morgan fingerprint density at radius 2 is 2.25 bits per heavy atom. The number of hydrogen-bond acceptors (Lipinski definition) is 3. The first-order valence-electron chi connectivity index (χ1n) is 5.15. The minimum absolute atomic E-state index is 0.613. The molecule has 1 aromatic heterocycles. The number of thiophene rings is 1. The van der Waals surface area contributed by atoms with Gasteiger partial charge in [0.1, 0.15) is 0 Å². The van der Waals surface area contributed by atoms with Crippen molar-refractivity contribution in [2.45, 2.75) is 27.3 Å². The molecular weight excluding hydrogens is 222 g/mol. The molecule has 0 amide bonds. The predicted octanol–water partition coefficient (Wildman–Crippen LogP) is 2.49. The van der Waals surface area contributed by atoms with E-state index in [1.165, 1.54) is 21.4 Å². The van der Waals surface area contributed by atoms with Crippen molar-refractivity contribution in [2.24, 2.45) is 0 Å². The van der Waals surface area contributed by atoms with Crippen molar-refractivity contribution in [3.63, 3.8) is 0 Å². The van der Waals surface area contributed by atoms with E-state index in [1.54, 1.807) is 11.3 Å². The highest BCUT2D eigenvalue weighted by molar-refractivity contribution is 7.12. The monoisotopic (exact) mass is 239 g/mol. The molecule has 3 nitrogen and oxygen atoms in total. The quantitative estimate of drug-likeness (QED) is 0.776. The Hall–Kier alpha value is -1.13. The molecular formula is C12H17NO2S. The van der Waals surface area contributed by atoms with Crippen molar-refractivity contribution in [1.82, 2.24) is 5.32 Å². The van der Waals surface area contributed by atoms with E-state index in [0.29, 0.717) is 6.54 Å². The van der Waals surface area contributed by atoms with Crippen LogP contribution in [0.5, 0.6) is 0 Å². The summed E-state index contributed by atoms with van der Waals surface area (Å²) in [6.07, 6.45) is 1.23. The predicted molar refractivity (Wildman–Crippen MR) is 66.9 cm³/mol. The molecule has 0 radical (unpaired) electrons. The molecule has 0 fully saturated rings. The Balaban J connectivity index is 2.39. The molecule has 0 aromatic carbocycles. The summed E-state index contributed by atoms with van der Waals surface area (Å²) in [4.78, 5) is 13.0. The number of rotatable bonds is 5. The maximum atomic E-state index is 10.4. The fourth-order valence-corrected chi connectivity index (χ4v) is 2.40. The van der Waals surface area contributed by atoms with Crippen LogP contribution in [0.3, 0.4) is 0 Å². The number of carboxylic acid groups (broad SMARTS) is 1. The van der Waals surface area contributed by atoms with Gasteiger partial charge in [0.05, 0.1) is 0 Å². The zero-order valence-corrected chi connectivity index (χ0v) is 10.6. The molecule has 1 heterocycles. The standard InChI is InChI=1S/C12H17NO2S/c1-8(4-12(14)15)6-13-7-11-5-9(2)10(3)16-11/h4-5,13H,6-7H2,1-3H3,(H,14,15). The van der Waals surface area contributed by atoms with E-state index in [0.717, 1.165) is 12.1 Å². The smallest absolute Gasteiger partial charge is 0.328 e. The molecule has 0 aliphatic heterocycles. The molecule has 0 saturated carbocycles. The lowest BCUT2D eigenvalue weighted by atomic mass is 10.2. The number of carbonyl (C=O) groups is 1. The van der Waals surface area contributed by atoms with Gasteiger partial charge in [-0.3, -0.25) is 0 Å². The minimum Gasteiger partial charge on any atom is -0.478 e. The molecule has 1 rings (SSSR count). The Bertz CT molecular complexity index is 388. The summed E-state index contributed by atoms with van der Waals surface area (Å²) in [7, 11) is 0. The van der Waals surface area contributed by atoms with Gasteiger partial charge >= 0.3 is 5.97 Å². The van der Waals surface area contributed by atoms with Gasteiger partial charge in [-0.2, -0.15) is 0 Å². The van der Waals surface area contributed by atoms with E-state index in [-0.39, 0.29) is 0 Å². The molecule has 1 aromatic rings. The van der Waals surface area contributed by atoms with Crippen molar-refractivity contribution in [2.75, 3.05) is 6.54 Å². The third-order valence-electron chi connectivity index (χ3n) is 2.29. The topological polar surface area (TPSA) is 49.3 Å². The van der Waals surface area contributed by atoms with Gasteiger partial charge in [-0.05, 0) is 32.4 Å². The first-order valence-corrected chi connectivity index (χ1v) is 5.97. The van der Waals surface area contributed by atoms with Gasteiger partial charge in [0.2, 0.25) is 0 Å². The van der Waals surface area contributed by atoms with Gasteiger partial charge < -0.3 is 10.4 Å². The number of aliphatic carboxylic acids is 1. The lowest BCUT2D eigenvalue weighted by molar-refractivity contribution is -0.131. The van der Waals surface area contributed by atoms with E-state index < -0.39 is 5.97 Å². The molecule has 0 atom stereocenters. The van der Waals surface area contributed by atoms with Crippen LogP contribution in [0.25, 0.3) is 0 Å². The Morgan fingerprint density at radius 1 is 1.56 bits per heavy atom. The van der Waals surface area contributed by atoms with Crippen LogP contribution in [0.2, 0.25) is 0 Å². The first kappa shape index (κ1) is 12.9. The fourth-order valence-electron chi connectivity index (χ4n) is 1.38.